The number of carbonyl (C=O) groups is 1. The summed E-state index contributed by atoms with van der Waals surface area (Å²) in [5.41, 5.74) is 8.14. The molecule has 2 heterocycles. The van der Waals surface area contributed by atoms with Gasteiger partial charge in [0.05, 0.1) is 6.04 Å². The first-order chi connectivity index (χ1) is 9.11. The number of rotatable bonds is 4. The third kappa shape index (κ3) is 3.30. The number of nitrogens with zero attached hydrogens (tertiary/aromatic N) is 3. The van der Waals surface area contributed by atoms with E-state index in [1.54, 1.807) is 6.20 Å². The quantitative estimate of drug-likeness (QED) is 0.808. The SMILES string of the molecule is Cc1c(CN2CCN(C(C)C=O)CC2)ccnc1N. The summed E-state index contributed by atoms with van der Waals surface area (Å²) < 4.78 is 0. The average molecular weight is 262 g/mol. The number of aldehydes is 1. The summed E-state index contributed by atoms with van der Waals surface area (Å²) >= 11 is 0. The standard InChI is InChI=1S/C14H22N4O/c1-11(10-19)18-7-5-17(6-8-18)9-13-3-4-16-14(15)12(13)2/h3-4,10-11H,5-9H2,1-2H3,(H2,15,16). The highest BCUT2D eigenvalue weighted by Gasteiger charge is 2.21. The van der Waals surface area contributed by atoms with Gasteiger partial charge in [-0.3, -0.25) is 9.80 Å². The van der Waals surface area contributed by atoms with Gasteiger partial charge in [-0.05, 0) is 31.0 Å². The van der Waals surface area contributed by atoms with E-state index in [2.05, 4.69) is 14.8 Å². The number of anilines is 1. The monoisotopic (exact) mass is 262 g/mol. The first-order valence-electron chi connectivity index (χ1n) is 6.73. The molecule has 1 aromatic rings. The summed E-state index contributed by atoms with van der Waals surface area (Å²) in [5.74, 6) is 0.616. The smallest absolute Gasteiger partial charge is 0.136 e. The van der Waals surface area contributed by atoms with Crippen molar-refractivity contribution in [2.24, 2.45) is 0 Å². The second kappa shape index (κ2) is 6.12. The molecule has 1 aromatic heterocycles. The molecule has 1 fully saturated rings. The zero-order chi connectivity index (χ0) is 13.8. The molecule has 1 aliphatic rings. The lowest BCUT2D eigenvalue weighted by molar-refractivity contribution is -0.112. The molecule has 0 aliphatic carbocycles. The zero-order valence-corrected chi connectivity index (χ0v) is 11.7. The third-order valence-corrected chi connectivity index (χ3v) is 3.93. The minimum absolute atomic E-state index is 0.0282. The summed E-state index contributed by atoms with van der Waals surface area (Å²) in [4.78, 5) is 19.5. The molecule has 5 heteroatoms. The maximum absolute atomic E-state index is 10.8. The van der Waals surface area contributed by atoms with Crippen molar-refractivity contribution < 1.29 is 4.79 Å². The van der Waals surface area contributed by atoms with Crippen LogP contribution in [0.15, 0.2) is 12.3 Å². The van der Waals surface area contributed by atoms with Gasteiger partial charge in [0.25, 0.3) is 0 Å². The average Bonchev–Trinajstić information content (AvgIpc) is 2.44. The lowest BCUT2D eigenvalue weighted by atomic mass is 10.1. The summed E-state index contributed by atoms with van der Waals surface area (Å²) in [6.45, 7) is 8.74. The molecular weight excluding hydrogens is 240 g/mol. The fourth-order valence-electron chi connectivity index (χ4n) is 2.42. The molecule has 0 radical (unpaired) electrons. The molecule has 5 nitrogen and oxygen atoms in total. The maximum Gasteiger partial charge on any atom is 0.136 e. The molecule has 1 aliphatic heterocycles. The van der Waals surface area contributed by atoms with Crippen LogP contribution in [-0.4, -0.2) is 53.3 Å². The van der Waals surface area contributed by atoms with Crippen LogP contribution in [0.25, 0.3) is 0 Å². The number of piperazine rings is 1. The number of nitrogen functional groups attached to an aromatic ring is 1. The minimum atomic E-state index is 0.0282. The van der Waals surface area contributed by atoms with E-state index in [0.717, 1.165) is 44.6 Å². The highest BCUT2D eigenvalue weighted by molar-refractivity contribution is 5.56. The van der Waals surface area contributed by atoms with Crippen LogP contribution in [-0.2, 0) is 11.3 Å². The molecule has 0 spiro atoms. The lowest BCUT2D eigenvalue weighted by Crippen LogP contribution is -2.49. The molecule has 2 rings (SSSR count). The van der Waals surface area contributed by atoms with Gasteiger partial charge in [-0.25, -0.2) is 4.98 Å². The van der Waals surface area contributed by atoms with E-state index >= 15 is 0 Å². The molecule has 0 aromatic carbocycles. The summed E-state index contributed by atoms with van der Waals surface area (Å²) in [5, 5.41) is 0. The minimum Gasteiger partial charge on any atom is -0.383 e. The summed E-state index contributed by atoms with van der Waals surface area (Å²) in [6.07, 6.45) is 2.78. The number of hydrogen-bond donors (Lipinski definition) is 1. The van der Waals surface area contributed by atoms with Crippen molar-refractivity contribution in [2.45, 2.75) is 26.4 Å². The highest BCUT2D eigenvalue weighted by atomic mass is 16.1. The van der Waals surface area contributed by atoms with Crippen molar-refractivity contribution in [1.29, 1.82) is 0 Å². The van der Waals surface area contributed by atoms with Crippen LogP contribution in [0.2, 0.25) is 0 Å². The summed E-state index contributed by atoms with van der Waals surface area (Å²) in [6, 6.07) is 2.06. The maximum atomic E-state index is 10.8. The van der Waals surface area contributed by atoms with Crippen LogP contribution >= 0.6 is 0 Å². The molecule has 19 heavy (non-hydrogen) atoms. The second-order valence-electron chi connectivity index (χ2n) is 5.17. The van der Waals surface area contributed by atoms with Gasteiger partial charge in [-0.15, -0.1) is 0 Å². The van der Waals surface area contributed by atoms with Crippen molar-refractivity contribution >= 4 is 12.1 Å². The van der Waals surface area contributed by atoms with E-state index < -0.39 is 0 Å². The van der Waals surface area contributed by atoms with Gasteiger partial charge in [0, 0.05) is 38.9 Å². The number of pyridine rings is 1. The molecule has 1 atom stereocenters. The van der Waals surface area contributed by atoms with Gasteiger partial charge < -0.3 is 10.5 Å². The molecule has 1 unspecified atom stereocenters. The number of nitrogens with two attached hydrogens (primary N) is 1. The van der Waals surface area contributed by atoms with E-state index in [0.29, 0.717) is 5.82 Å². The van der Waals surface area contributed by atoms with E-state index in [1.165, 1.54) is 5.56 Å². The normalized spacial score (nSPS) is 19.3. The molecule has 104 valence electrons. The molecule has 1 saturated heterocycles. The Kier molecular flexibility index (Phi) is 4.50. The Morgan fingerprint density at radius 1 is 1.42 bits per heavy atom. The van der Waals surface area contributed by atoms with Crippen molar-refractivity contribution in [3.63, 3.8) is 0 Å². The van der Waals surface area contributed by atoms with Crippen LogP contribution in [0.4, 0.5) is 5.82 Å². The number of aromatic nitrogens is 1. The van der Waals surface area contributed by atoms with Crippen LogP contribution in [0.1, 0.15) is 18.1 Å². The summed E-state index contributed by atoms with van der Waals surface area (Å²) in [7, 11) is 0. The number of hydrogen-bond acceptors (Lipinski definition) is 5. The topological polar surface area (TPSA) is 62.5 Å². The van der Waals surface area contributed by atoms with Crippen molar-refractivity contribution in [3.8, 4) is 0 Å². The van der Waals surface area contributed by atoms with Crippen LogP contribution in [0, 0.1) is 6.92 Å². The number of carbonyl (C=O) groups excluding carboxylic acids is 1. The Bertz CT molecular complexity index is 441. The molecule has 0 amide bonds. The van der Waals surface area contributed by atoms with Gasteiger partial charge in [0.2, 0.25) is 0 Å². The highest BCUT2D eigenvalue weighted by Crippen LogP contribution is 2.16. The predicted molar refractivity (Wildman–Crippen MR) is 75.8 cm³/mol. The van der Waals surface area contributed by atoms with Crippen molar-refractivity contribution in [3.05, 3.63) is 23.4 Å². The van der Waals surface area contributed by atoms with Gasteiger partial charge in [0.15, 0.2) is 0 Å². The van der Waals surface area contributed by atoms with Gasteiger partial charge in [0.1, 0.15) is 12.1 Å². The Hall–Kier alpha value is -1.46. The first-order valence-corrected chi connectivity index (χ1v) is 6.73. The van der Waals surface area contributed by atoms with E-state index in [4.69, 9.17) is 5.73 Å². The lowest BCUT2D eigenvalue weighted by Gasteiger charge is -2.36. The fraction of sp³-hybridized carbons (Fsp3) is 0.571. The predicted octanol–water partition coefficient (Wildman–Crippen LogP) is 0.677. The zero-order valence-electron chi connectivity index (χ0n) is 11.7. The van der Waals surface area contributed by atoms with Crippen molar-refractivity contribution in [1.82, 2.24) is 14.8 Å². The Balaban J connectivity index is 1.92. The molecule has 2 N–H and O–H groups in total. The van der Waals surface area contributed by atoms with E-state index in [9.17, 15) is 4.79 Å². The molecular formula is C14H22N4O. The van der Waals surface area contributed by atoms with Gasteiger partial charge >= 0.3 is 0 Å². The van der Waals surface area contributed by atoms with Crippen LogP contribution < -0.4 is 5.73 Å². The Labute approximate surface area is 114 Å². The molecule has 0 bridgehead atoms. The fourth-order valence-corrected chi connectivity index (χ4v) is 2.42. The van der Waals surface area contributed by atoms with E-state index in [-0.39, 0.29) is 6.04 Å². The van der Waals surface area contributed by atoms with Gasteiger partial charge in [-0.1, -0.05) is 0 Å². The van der Waals surface area contributed by atoms with E-state index in [1.807, 2.05) is 19.9 Å². The first kappa shape index (κ1) is 14.0. The van der Waals surface area contributed by atoms with Crippen LogP contribution in [0.3, 0.4) is 0 Å². The third-order valence-electron chi connectivity index (χ3n) is 3.93. The van der Waals surface area contributed by atoms with Crippen molar-refractivity contribution in [2.75, 3.05) is 31.9 Å². The van der Waals surface area contributed by atoms with Gasteiger partial charge in [-0.2, -0.15) is 0 Å². The largest absolute Gasteiger partial charge is 0.383 e. The van der Waals surface area contributed by atoms with Crippen LogP contribution in [0.5, 0.6) is 0 Å². The Morgan fingerprint density at radius 2 is 2.11 bits per heavy atom. The Morgan fingerprint density at radius 3 is 2.74 bits per heavy atom. The second-order valence-corrected chi connectivity index (χ2v) is 5.17. The molecule has 0 saturated carbocycles.